The molecule has 2 aromatic rings. The molecule has 31 heavy (non-hydrogen) atoms. The summed E-state index contributed by atoms with van der Waals surface area (Å²) in [7, 11) is 0. The molecule has 0 unspecified atom stereocenters. The summed E-state index contributed by atoms with van der Waals surface area (Å²) in [5.41, 5.74) is 3.14. The highest BCUT2D eigenvalue weighted by Gasteiger charge is 2.16. The number of carbonyl (C=O) groups excluding carboxylic acids is 2. The molecule has 0 fully saturated rings. The first-order valence-corrected chi connectivity index (χ1v) is 10.7. The molecule has 8 heteroatoms. The van der Waals surface area contributed by atoms with Crippen LogP contribution >= 0.6 is 11.8 Å². The molecule has 0 radical (unpaired) electrons. The van der Waals surface area contributed by atoms with Crippen LogP contribution < -0.4 is 5.32 Å². The Bertz CT molecular complexity index is 1070. The number of ether oxygens (including phenoxy) is 1. The number of nitrogens with one attached hydrogen (secondary N) is 1. The van der Waals surface area contributed by atoms with Crippen LogP contribution in [0.25, 0.3) is 6.08 Å². The summed E-state index contributed by atoms with van der Waals surface area (Å²) in [6.07, 6.45) is 2.46. The number of anilines is 1. The highest BCUT2D eigenvalue weighted by Crippen LogP contribution is 2.26. The topological polar surface area (TPSA) is 108 Å². The predicted molar refractivity (Wildman–Crippen MR) is 120 cm³/mol. The number of amides is 1. The van der Waals surface area contributed by atoms with Gasteiger partial charge in [0.25, 0.3) is 5.91 Å². The minimum Gasteiger partial charge on any atom is -0.451 e. The molecular formula is C23H24N4O3S. The summed E-state index contributed by atoms with van der Waals surface area (Å²) >= 11 is 1.29. The maximum Gasteiger partial charge on any atom is 0.349 e. The number of thioether (sulfide) groups is 1. The minimum atomic E-state index is -0.856. The van der Waals surface area contributed by atoms with E-state index in [0.29, 0.717) is 5.69 Å². The Morgan fingerprint density at radius 3 is 2.68 bits per heavy atom. The van der Waals surface area contributed by atoms with E-state index in [9.17, 15) is 14.9 Å². The summed E-state index contributed by atoms with van der Waals surface area (Å²) in [5.74, 6) is -1.14. The average molecular weight is 437 g/mol. The van der Waals surface area contributed by atoms with Gasteiger partial charge in [-0.15, -0.1) is 11.8 Å². The lowest BCUT2D eigenvalue weighted by Crippen LogP contribution is -2.21. The molecule has 160 valence electrons. The van der Waals surface area contributed by atoms with Crippen LogP contribution in [0.5, 0.6) is 0 Å². The fourth-order valence-electron chi connectivity index (χ4n) is 3.03. The van der Waals surface area contributed by atoms with Gasteiger partial charge in [-0.2, -0.15) is 10.5 Å². The van der Waals surface area contributed by atoms with E-state index >= 15 is 0 Å². The van der Waals surface area contributed by atoms with Crippen molar-refractivity contribution in [3.05, 3.63) is 52.9 Å². The molecule has 1 amide bonds. The molecule has 0 atom stereocenters. The highest BCUT2D eigenvalue weighted by molar-refractivity contribution is 7.99. The smallest absolute Gasteiger partial charge is 0.349 e. The van der Waals surface area contributed by atoms with Crippen LogP contribution in [0.15, 0.2) is 40.8 Å². The van der Waals surface area contributed by atoms with Crippen molar-refractivity contribution >= 4 is 35.4 Å². The molecule has 7 nitrogen and oxygen atoms in total. The van der Waals surface area contributed by atoms with Crippen LogP contribution in [-0.2, 0) is 20.9 Å². The van der Waals surface area contributed by atoms with Crippen molar-refractivity contribution in [3.63, 3.8) is 0 Å². The number of hydrogen-bond acceptors (Lipinski definition) is 6. The van der Waals surface area contributed by atoms with Crippen molar-refractivity contribution in [2.75, 3.05) is 17.7 Å². The van der Waals surface area contributed by atoms with Gasteiger partial charge in [-0.05, 0) is 50.1 Å². The molecule has 1 aromatic carbocycles. The molecule has 0 bridgehead atoms. The monoisotopic (exact) mass is 436 g/mol. The lowest BCUT2D eigenvalue weighted by Gasteiger charge is -2.10. The van der Waals surface area contributed by atoms with Gasteiger partial charge in [0.1, 0.15) is 11.6 Å². The van der Waals surface area contributed by atoms with E-state index in [2.05, 4.69) is 16.8 Å². The standard InChI is InChI=1S/C23H24N4O3S/c1-4-10-27-16(2)12-18(17(27)3)13-19(14-25)23(29)30-15-22(28)26-20-7-5-6-8-21(20)31-11-9-24/h5-8,12-13H,4,10-11,15H2,1-3H3,(H,26,28)/b19-13+. The van der Waals surface area contributed by atoms with Gasteiger partial charge in [-0.25, -0.2) is 4.79 Å². The van der Waals surface area contributed by atoms with Crippen molar-refractivity contribution in [2.24, 2.45) is 0 Å². The van der Waals surface area contributed by atoms with Crippen LogP contribution in [0.1, 0.15) is 30.3 Å². The van der Waals surface area contributed by atoms with E-state index < -0.39 is 18.5 Å². The van der Waals surface area contributed by atoms with Crippen molar-refractivity contribution in [3.8, 4) is 12.1 Å². The predicted octanol–water partition coefficient (Wildman–Crippen LogP) is 4.22. The normalized spacial score (nSPS) is 10.8. The molecular weight excluding hydrogens is 412 g/mol. The fourth-order valence-corrected chi connectivity index (χ4v) is 3.70. The van der Waals surface area contributed by atoms with E-state index in [0.717, 1.165) is 34.8 Å². The lowest BCUT2D eigenvalue weighted by atomic mass is 10.1. The zero-order valence-electron chi connectivity index (χ0n) is 17.8. The molecule has 0 saturated heterocycles. The second-order valence-corrected chi connectivity index (χ2v) is 7.73. The van der Waals surface area contributed by atoms with Gasteiger partial charge < -0.3 is 14.6 Å². The van der Waals surface area contributed by atoms with Gasteiger partial charge in [-0.1, -0.05) is 19.1 Å². The van der Waals surface area contributed by atoms with E-state index in [1.807, 2.05) is 32.1 Å². The molecule has 2 rings (SSSR count). The number of benzene rings is 1. The summed E-state index contributed by atoms with van der Waals surface area (Å²) in [5, 5.41) is 20.8. The van der Waals surface area contributed by atoms with Crippen LogP contribution in [-0.4, -0.2) is 28.8 Å². The molecule has 0 aliphatic rings. The van der Waals surface area contributed by atoms with E-state index in [1.54, 1.807) is 24.3 Å². The number of esters is 1. The molecule has 1 N–H and O–H groups in total. The zero-order valence-corrected chi connectivity index (χ0v) is 18.6. The Balaban J connectivity index is 2.04. The maximum atomic E-state index is 12.3. The van der Waals surface area contributed by atoms with E-state index in [-0.39, 0.29) is 11.3 Å². The van der Waals surface area contributed by atoms with E-state index in [4.69, 9.17) is 10.00 Å². The SMILES string of the molecule is CCCn1c(C)cc(/C=C(\C#N)C(=O)OCC(=O)Nc2ccccc2SCC#N)c1C. The second-order valence-electron chi connectivity index (χ2n) is 6.72. The minimum absolute atomic E-state index is 0.172. The summed E-state index contributed by atoms with van der Waals surface area (Å²) in [4.78, 5) is 25.3. The molecule has 0 aliphatic heterocycles. The number of para-hydroxylation sites is 1. The number of aromatic nitrogens is 1. The van der Waals surface area contributed by atoms with Gasteiger partial charge in [0.05, 0.1) is 17.5 Å². The van der Waals surface area contributed by atoms with Gasteiger partial charge in [0, 0.05) is 22.8 Å². The molecule has 0 saturated carbocycles. The number of hydrogen-bond donors (Lipinski definition) is 1. The maximum absolute atomic E-state index is 12.3. The number of nitriles is 2. The lowest BCUT2D eigenvalue weighted by molar-refractivity contribution is -0.142. The Kier molecular flexibility index (Phi) is 8.93. The number of carbonyl (C=O) groups is 2. The average Bonchev–Trinajstić information content (AvgIpc) is 3.02. The van der Waals surface area contributed by atoms with Crippen molar-refractivity contribution in [1.82, 2.24) is 4.57 Å². The molecule has 0 aliphatic carbocycles. The number of nitrogens with zero attached hydrogens (tertiary/aromatic N) is 3. The molecule has 1 aromatic heterocycles. The van der Waals surface area contributed by atoms with Crippen LogP contribution in [0.3, 0.4) is 0 Å². The van der Waals surface area contributed by atoms with Gasteiger partial charge >= 0.3 is 5.97 Å². The molecule has 1 heterocycles. The Morgan fingerprint density at radius 2 is 2.00 bits per heavy atom. The zero-order chi connectivity index (χ0) is 22.8. The third kappa shape index (κ3) is 6.50. The van der Waals surface area contributed by atoms with Gasteiger partial charge in [-0.3, -0.25) is 4.79 Å². The fraction of sp³-hybridized carbons (Fsp3) is 0.304. The van der Waals surface area contributed by atoms with Crippen LogP contribution in [0.4, 0.5) is 5.69 Å². The Morgan fingerprint density at radius 1 is 1.26 bits per heavy atom. The van der Waals surface area contributed by atoms with Crippen molar-refractivity contribution in [2.45, 2.75) is 38.6 Å². The first-order valence-electron chi connectivity index (χ1n) is 9.75. The first-order chi connectivity index (χ1) is 14.9. The molecule has 0 spiro atoms. The second kappa shape index (κ2) is 11.6. The van der Waals surface area contributed by atoms with Gasteiger partial charge in [0.2, 0.25) is 0 Å². The number of aryl methyl sites for hydroxylation is 1. The van der Waals surface area contributed by atoms with Crippen LogP contribution in [0, 0.1) is 36.5 Å². The largest absolute Gasteiger partial charge is 0.451 e. The Hall–Kier alpha value is -3.49. The third-order valence-electron chi connectivity index (χ3n) is 4.49. The first kappa shape index (κ1) is 23.8. The number of rotatable bonds is 9. The summed E-state index contributed by atoms with van der Waals surface area (Å²) in [6, 6.07) is 12.8. The van der Waals surface area contributed by atoms with Crippen LogP contribution in [0.2, 0.25) is 0 Å². The summed E-state index contributed by atoms with van der Waals surface area (Å²) in [6.45, 7) is 6.32. The van der Waals surface area contributed by atoms with Gasteiger partial charge in [0.15, 0.2) is 6.61 Å². The van der Waals surface area contributed by atoms with Crippen molar-refractivity contribution in [1.29, 1.82) is 10.5 Å². The quantitative estimate of drug-likeness (QED) is 0.273. The van der Waals surface area contributed by atoms with E-state index in [1.165, 1.54) is 17.8 Å². The van der Waals surface area contributed by atoms with Crippen molar-refractivity contribution < 1.29 is 14.3 Å². The highest BCUT2D eigenvalue weighted by atomic mass is 32.2. The third-order valence-corrected chi connectivity index (χ3v) is 5.43. The Labute approximate surface area is 186 Å². The summed E-state index contributed by atoms with van der Waals surface area (Å²) < 4.78 is 7.17.